The maximum Gasteiger partial charge on any atom is 3.00 e. The normalized spacial score (nSPS) is 1.25. The molecule has 0 amide bonds. The molecule has 0 nitrogen and oxygen atoms in total. The minimum Gasteiger partial charge on any atom is -0.358 e. The Morgan fingerprint density at radius 1 is 0.292 bits per heavy atom. The summed E-state index contributed by atoms with van der Waals surface area (Å²) in [7, 11) is 0. The van der Waals surface area contributed by atoms with Crippen LogP contribution in [-0.4, -0.2) is 0 Å². The first-order chi connectivity index (χ1) is 5.00. The van der Waals surface area contributed by atoms with Crippen LogP contribution >= 0.6 is 0 Å². The minimum atomic E-state index is 0. The Balaban J connectivity index is -0.000000000668. The summed E-state index contributed by atoms with van der Waals surface area (Å²) in [5, 5.41) is 0. The molecule has 0 aromatic rings. The molecule has 0 rings (SSSR count). The third kappa shape index (κ3) is 278. The average Bonchev–Trinajstić information content (AvgIpc) is 2.20. The van der Waals surface area contributed by atoms with Gasteiger partial charge in [0.05, 0.1) is 0 Å². The van der Waals surface area contributed by atoms with Gasteiger partial charge in [-0.3, -0.25) is 0 Å². The van der Waals surface area contributed by atoms with Gasteiger partial charge in [-0.1, -0.05) is 13.8 Å². The first-order valence-electron chi connectivity index (χ1n) is 3.83. The molecule has 0 aliphatic rings. The molecule has 0 saturated heterocycles. The van der Waals surface area contributed by atoms with Crippen LogP contribution in [0.25, 0.3) is 0 Å². The van der Waals surface area contributed by atoms with Crippen LogP contribution in [0.2, 0.25) is 0 Å². The van der Waals surface area contributed by atoms with Gasteiger partial charge >= 0.3 is 32.7 Å². The predicted octanol–water partition coefficient (Wildman–Crippen LogP) is 6.16. The van der Waals surface area contributed by atoms with Crippen molar-refractivity contribution >= 4 is 0 Å². The van der Waals surface area contributed by atoms with Crippen molar-refractivity contribution in [2.45, 2.75) is 41.5 Å². The molecular formula is C14H38Y10-5. The van der Waals surface area contributed by atoms with E-state index < -0.39 is 0 Å². The van der Waals surface area contributed by atoms with Crippen LogP contribution < -0.4 is 0 Å². The summed E-state index contributed by atoms with van der Waals surface area (Å²) >= 11 is 0. The Labute approximate surface area is 413 Å². The topological polar surface area (TPSA) is 0 Å². The summed E-state index contributed by atoms with van der Waals surface area (Å²) in [4.78, 5) is 0. The molecule has 0 bridgehead atoms. The van der Waals surface area contributed by atoms with Crippen LogP contribution in [0.1, 0.15) is 41.5 Å². The first kappa shape index (κ1) is 158. The van der Waals surface area contributed by atoms with E-state index in [0.29, 0.717) is 0 Å². The van der Waals surface area contributed by atoms with Gasteiger partial charge in [0.15, 0.2) is 0 Å². The Kier molecular flexibility index (Phi) is 2000. The van der Waals surface area contributed by atoms with Crippen LogP contribution in [0.4, 0.5) is 0 Å². The number of hydrogen-bond donors (Lipinski definition) is 0. The van der Waals surface area contributed by atoms with Gasteiger partial charge in [0.1, 0.15) is 0 Å². The zero-order chi connectivity index (χ0) is 10.0. The van der Waals surface area contributed by atoms with Crippen LogP contribution in [0.15, 0.2) is 0 Å². The van der Waals surface area contributed by atoms with Crippen molar-refractivity contribution in [1.82, 2.24) is 0 Å². The van der Waals surface area contributed by atoms with Gasteiger partial charge in [0.25, 0.3) is 0 Å². The van der Waals surface area contributed by atoms with Crippen molar-refractivity contribution in [2.75, 3.05) is 0 Å². The van der Waals surface area contributed by atoms with Crippen LogP contribution in [-0.2, 0) is 327 Å². The molecule has 0 unspecified atom stereocenters. The van der Waals surface area contributed by atoms with E-state index >= 15 is 0 Å². The first-order valence-corrected chi connectivity index (χ1v) is 3.83. The van der Waals surface area contributed by atoms with E-state index in [1.165, 1.54) is 0 Å². The SMILES string of the molecule is CC.[CH2-]C.[CH2-]C.[CH2-]C.[CH2-]C.[CH3-].[CH3-].[CH3-].[CH3-].[Y+3].[Y].[Y].[Y].[Y].[Y].[Y].[Y].[Y].[Y]. The van der Waals surface area contributed by atoms with Gasteiger partial charge in [-0.2, -0.15) is 27.7 Å². The fourth-order valence-corrected chi connectivity index (χ4v) is 0. The quantitative estimate of drug-likeness (QED) is 0.256. The van der Waals surface area contributed by atoms with Gasteiger partial charge in [-0.15, -0.1) is 0 Å². The average molecular weight is 1100 g/mol. The molecule has 0 saturated carbocycles. The summed E-state index contributed by atoms with van der Waals surface area (Å²) in [6, 6.07) is 0. The van der Waals surface area contributed by atoms with Crippen LogP contribution in [0.5, 0.6) is 0 Å². The maximum atomic E-state index is 3.25. The second kappa shape index (κ2) is 305. The van der Waals surface area contributed by atoms with E-state index in [1.807, 2.05) is 13.8 Å². The summed E-state index contributed by atoms with van der Waals surface area (Å²) in [6.07, 6.45) is 0. The molecule has 0 spiro atoms. The van der Waals surface area contributed by atoms with Crippen molar-refractivity contribution in [3.8, 4) is 0 Å². The third-order valence-electron chi connectivity index (χ3n) is 0. The zero-order valence-corrected chi connectivity index (χ0v) is 47.0. The summed E-state index contributed by atoms with van der Waals surface area (Å²) < 4.78 is 0. The van der Waals surface area contributed by atoms with Gasteiger partial charge < -0.3 is 57.4 Å². The molecule has 0 fully saturated rings. The van der Waals surface area contributed by atoms with E-state index in [4.69, 9.17) is 0 Å². The Bertz CT molecular complexity index is 23.5. The van der Waals surface area contributed by atoms with E-state index in [2.05, 4.69) is 27.7 Å². The second-order valence-electron chi connectivity index (χ2n) is 0. The van der Waals surface area contributed by atoms with E-state index in [0.717, 1.165) is 0 Å². The standard InChI is InChI=1S/C2H6.4C2H5.4CH3.10Y/c5*1-2;;;;;;;;;;;;;;/h1-2H3;4*1H2,2H3;4*1H3;;;;;;;;;;/q;8*-1;;;;;;;;;;+3. The molecule has 0 heterocycles. The van der Waals surface area contributed by atoms with E-state index in [9.17, 15) is 0 Å². The summed E-state index contributed by atoms with van der Waals surface area (Å²) in [5.41, 5.74) is 0. The molecule has 0 aliphatic heterocycles. The van der Waals surface area contributed by atoms with Crippen molar-refractivity contribution in [2.24, 2.45) is 0 Å². The molecule has 9 radical (unpaired) electrons. The second-order valence-corrected chi connectivity index (χ2v) is 0. The molecule has 129 valence electrons. The maximum absolute atomic E-state index is 3.25. The van der Waals surface area contributed by atoms with Gasteiger partial charge in [-0.05, 0) is 0 Å². The van der Waals surface area contributed by atoms with E-state index in [1.54, 1.807) is 27.7 Å². The monoisotopic (exact) mass is 1100 g/mol. The van der Waals surface area contributed by atoms with Crippen molar-refractivity contribution in [3.05, 3.63) is 57.4 Å². The molecule has 24 heavy (non-hydrogen) atoms. The molecule has 0 N–H and O–H groups in total. The smallest absolute Gasteiger partial charge is 0.358 e. The third-order valence-corrected chi connectivity index (χ3v) is 0. The molecule has 0 atom stereocenters. The fraction of sp³-hybridized carbons (Fsp3) is 0.429. The zero-order valence-electron chi connectivity index (χ0n) is 18.6. The van der Waals surface area contributed by atoms with Gasteiger partial charge in [0, 0.05) is 294 Å². The van der Waals surface area contributed by atoms with Crippen LogP contribution in [0, 0.1) is 57.4 Å². The van der Waals surface area contributed by atoms with Crippen molar-refractivity contribution < 1.29 is 327 Å². The van der Waals surface area contributed by atoms with Crippen molar-refractivity contribution in [1.29, 1.82) is 0 Å². The number of hydrogen-bond acceptors (Lipinski definition) is 0. The Hall–Kier alpha value is 11.0. The summed E-state index contributed by atoms with van der Waals surface area (Å²) in [5.74, 6) is 0. The molecule has 0 aromatic carbocycles. The minimum absolute atomic E-state index is 0. The number of rotatable bonds is 0. The predicted molar refractivity (Wildman–Crippen MR) is 81.1 cm³/mol. The largest absolute Gasteiger partial charge is 3.00 e. The van der Waals surface area contributed by atoms with Gasteiger partial charge in [-0.25, -0.2) is 0 Å². The molecule has 0 aliphatic carbocycles. The fourth-order valence-electron chi connectivity index (χ4n) is 0. The van der Waals surface area contributed by atoms with Crippen LogP contribution in [0.3, 0.4) is 0 Å². The molecular weight excluding hydrogens is 1060 g/mol. The molecule has 0 aromatic heterocycles. The molecule has 10 heteroatoms. The Morgan fingerprint density at radius 2 is 0.292 bits per heavy atom. The van der Waals surface area contributed by atoms with Crippen molar-refractivity contribution in [3.63, 3.8) is 0 Å². The Morgan fingerprint density at radius 3 is 0.292 bits per heavy atom. The van der Waals surface area contributed by atoms with E-state index in [-0.39, 0.29) is 357 Å². The summed E-state index contributed by atoms with van der Waals surface area (Å²) in [6.45, 7) is 24.0. The van der Waals surface area contributed by atoms with Gasteiger partial charge in [0.2, 0.25) is 0 Å².